The van der Waals surface area contributed by atoms with E-state index in [1.807, 2.05) is 6.07 Å². The minimum absolute atomic E-state index is 0.0740. The maximum absolute atomic E-state index is 14.1. The molecular weight excluding hydrogens is 403 g/mol. The Morgan fingerprint density at radius 3 is 2.43 bits per heavy atom. The van der Waals surface area contributed by atoms with Crippen molar-refractivity contribution in [3.8, 4) is 0 Å². The number of hydrogen-bond donors (Lipinski definition) is 2. The fourth-order valence-electron chi connectivity index (χ4n) is 2.47. The van der Waals surface area contributed by atoms with Crippen LogP contribution in [-0.2, 0) is 16.6 Å². The van der Waals surface area contributed by atoms with Crippen LogP contribution in [0.4, 0.5) is 10.1 Å². The van der Waals surface area contributed by atoms with Crippen LogP contribution < -0.4 is 10.0 Å². The summed E-state index contributed by atoms with van der Waals surface area (Å²) in [5.74, 6) is -1.61. The zero-order chi connectivity index (χ0) is 20.1. The first-order valence-electron chi connectivity index (χ1n) is 8.25. The van der Waals surface area contributed by atoms with Gasteiger partial charge in [-0.3, -0.25) is 4.79 Å². The van der Waals surface area contributed by atoms with E-state index < -0.39 is 21.7 Å². The molecule has 0 saturated carbocycles. The average Bonchev–Trinajstić information content (AvgIpc) is 2.67. The van der Waals surface area contributed by atoms with Crippen LogP contribution in [0.2, 0.25) is 5.02 Å². The van der Waals surface area contributed by atoms with Crippen molar-refractivity contribution in [1.29, 1.82) is 0 Å². The molecule has 0 unspecified atom stereocenters. The summed E-state index contributed by atoms with van der Waals surface area (Å²) in [6.45, 7) is 0.0740. The molecule has 3 aromatic rings. The molecule has 0 fully saturated rings. The maximum atomic E-state index is 14.1. The van der Waals surface area contributed by atoms with Gasteiger partial charge in [0.15, 0.2) is 0 Å². The second-order valence-electron chi connectivity index (χ2n) is 5.92. The molecule has 0 radical (unpaired) electrons. The molecule has 3 rings (SSSR count). The molecule has 0 heterocycles. The maximum Gasteiger partial charge on any atom is 0.258 e. The predicted octanol–water partition coefficient (Wildman–Crippen LogP) is 4.21. The molecule has 0 aliphatic rings. The Balaban J connectivity index is 1.81. The molecule has 0 spiro atoms. The van der Waals surface area contributed by atoms with Crippen LogP contribution in [0.15, 0.2) is 77.7 Å². The number of benzene rings is 3. The van der Waals surface area contributed by atoms with Crippen LogP contribution in [0.1, 0.15) is 15.9 Å². The number of halogens is 2. The van der Waals surface area contributed by atoms with Gasteiger partial charge in [0.25, 0.3) is 5.91 Å². The summed E-state index contributed by atoms with van der Waals surface area (Å²) in [6.07, 6.45) is 0. The van der Waals surface area contributed by atoms with Gasteiger partial charge in [-0.05, 0) is 42.0 Å². The lowest BCUT2D eigenvalue weighted by atomic mass is 10.2. The first kappa shape index (κ1) is 20.0. The highest BCUT2D eigenvalue weighted by Gasteiger charge is 2.19. The monoisotopic (exact) mass is 418 g/mol. The number of sulfonamides is 1. The highest BCUT2D eigenvalue weighted by atomic mass is 35.5. The fraction of sp³-hybridized carbons (Fsp3) is 0.0500. The Labute approximate surface area is 167 Å². The number of carbonyl (C=O) groups is 1. The predicted molar refractivity (Wildman–Crippen MR) is 106 cm³/mol. The zero-order valence-corrected chi connectivity index (χ0v) is 16.1. The summed E-state index contributed by atoms with van der Waals surface area (Å²) in [5, 5.41) is 2.90. The van der Waals surface area contributed by atoms with E-state index in [0.717, 1.165) is 23.8 Å². The minimum Gasteiger partial charge on any atom is -0.322 e. The minimum atomic E-state index is -3.93. The Morgan fingerprint density at radius 1 is 0.964 bits per heavy atom. The van der Waals surface area contributed by atoms with E-state index in [1.54, 1.807) is 42.5 Å². The zero-order valence-electron chi connectivity index (χ0n) is 14.5. The fourth-order valence-corrected chi connectivity index (χ4v) is 3.70. The SMILES string of the molecule is O=C(Nc1cccc(Cl)c1)c1cc(S(=O)(=O)NCc2ccccc2)ccc1F. The third kappa shape index (κ3) is 4.95. The van der Waals surface area contributed by atoms with Gasteiger partial charge in [-0.15, -0.1) is 0 Å². The highest BCUT2D eigenvalue weighted by molar-refractivity contribution is 7.89. The van der Waals surface area contributed by atoms with E-state index in [9.17, 15) is 17.6 Å². The van der Waals surface area contributed by atoms with Crippen molar-refractivity contribution in [1.82, 2.24) is 4.72 Å². The number of rotatable bonds is 6. The molecule has 0 atom stereocenters. The van der Waals surface area contributed by atoms with E-state index in [0.29, 0.717) is 10.7 Å². The molecule has 0 saturated heterocycles. The molecule has 5 nitrogen and oxygen atoms in total. The molecule has 0 aliphatic carbocycles. The molecular formula is C20H16ClFN2O3S. The third-order valence-corrected chi connectivity index (χ3v) is 5.52. The van der Waals surface area contributed by atoms with E-state index >= 15 is 0 Å². The Bertz CT molecular complexity index is 1110. The van der Waals surface area contributed by atoms with Crippen LogP contribution in [0, 0.1) is 5.82 Å². The van der Waals surface area contributed by atoms with Crippen molar-refractivity contribution in [2.24, 2.45) is 0 Å². The van der Waals surface area contributed by atoms with E-state index in [4.69, 9.17) is 11.6 Å². The van der Waals surface area contributed by atoms with Crippen molar-refractivity contribution in [3.05, 3.63) is 94.8 Å². The van der Waals surface area contributed by atoms with Crippen molar-refractivity contribution in [2.45, 2.75) is 11.4 Å². The van der Waals surface area contributed by atoms with E-state index in [-0.39, 0.29) is 17.0 Å². The second kappa shape index (κ2) is 8.52. The largest absolute Gasteiger partial charge is 0.322 e. The topological polar surface area (TPSA) is 75.3 Å². The number of amides is 1. The van der Waals surface area contributed by atoms with Gasteiger partial charge < -0.3 is 5.32 Å². The standard InChI is InChI=1S/C20H16ClFN2O3S/c21-15-7-4-8-16(11-15)24-20(25)18-12-17(9-10-19(18)22)28(26,27)23-13-14-5-2-1-3-6-14/h1-12,23H,13H2,(H,24,25). The summed E-state index contributed by atoms with van der Waals surface area (Å²) >= 11 is 5.86. The van der Waals surface area contributed by atoms with Crippen molar-refractivity contribution >= 4 is 33.2 Å². The van der Waals surface area contributed by atoms with Gasteiger partial charge in [-0.1, -0.05) is 48.0 Å². The van der Waals surface area contributed by atoms with Gasteiger partial charge in [0.2, 0.25) is 10.0 Å². The molecule has 0 aliphatic heterocycles. The van der Waals surface area contributed by atoms with Gasteiger partial charge in [-0.25, -0.2) is 17.5 Å². The summed E-state index contributed by atoms with van der Waals surface area (Å²) in [6, 6.07) is 18.4. The van der Waals surface area contributed by atoms with Gasteiger partial charge in [0, 0.05) is 17.3 Å². The van der Waals surface area contributed by atoms with Crippen LogP contribution in [0.5, 0.6) is 0 Å². The molecule has 0 aromatic heterocycles. The second-order valence-corrected chi connectivity index (χ2v) is 8.12. The number of anilines is 1. The van der Waals surface area contributed by atoms with Crippen LogP contribution in [-0.4, -0.2) is 14.3 Å². The normalized spacial score (nSPS) is 11.2. The molecule has 1 amide bonds. The number of nitrogens with one attached hydrogen (secondary N) is 2. The lowest BCUT2D eigenvalue weighted by Crippen LogP contribution is -2.24. The lowest BCUT2D eigenvalue weighted by molar-refractivity contribution is 0.102. The van der Waals surface area contributed by atoms with Crippen LogP contribution >= 0.6 is 11.6 Å². The van der Waals surface area contributed by atoms with E-state index in [2.05, 4.69) is 10.0 Å². The molecule has 0 bridgehead atoms. The molecule has 144 valence electrons. The highest BCUT2D eigenvalue weighted by Crippen LogP contribution is 2.19. The average molecular weight is 419 g/mol. The molecule has 2 N–H and O–H groups in total. The van der Waals surface area contributed by atoms with Gasteiger partial charge >= 0.3 is 0 Å². The Morgan fingerprint density at radius 2 is 1.71 bits per heavy atom. The van der Waals surface area contributed by atoms with E-state index in [1.165, 1.54) is 6.07 Å². The molecule has 3 aromatic carbocycles. The lowest BCUT2D eigenvalue weighted by Gasteiger charge is -2.10. The third-order valence-electron chi connectivity index (χ3n) is 3.88. The smallest absolute Gasteiger partial charge is 0.258 e. The Kier molecular flexibility index (Phi) is 6.08. The quantitative estimate of drug-likeness (QED) is 0.629. The van der Waals surface area contributed by atoms with Gasteiger partial charge in [0.05, 0.1) is 10.5 Å². The first-order valence-corrected chi connectivity index (χ1v) is 10.1. The summed E-state index contributed by atoms with van der Waals surface area (Å²) < 4.78 is 41.6. The van der Waals surface area contributed by atoms with Gasteiger partial charge in [-0.2, -0.15) is 0 Å². The van der Waals surface area contributed by atoms with Crippen molar-refractivity contribution in [3.63, 3.8) is 0 Å². The summed E-state index contributed by atoms with van der Waals surface area (Å²) in [7, 11) is -3.93. The molecule has 8 heteroatoms. The van der Waals surface area contributed by atoms with Crippen molar-refractivity contribution < 1.29 is 17.6 Å². The first-order chi connectivity index (χ1) is 13.3. The molecule has 28 heavy (non-hydrogen) atoms. The number of carbonyl (C=O) groups excluding carboxylic acids is 1. The van der Waals surface area contributed by atoms with Crippen molar-refractivity contribution in [2.75, 3.05) is 5.32 Å². The van der Waals surface area contributed by atoms with Crippen LogP contribution in [0.3, 0.4) is 0 Å². The number of hydrogen-bond acceptors (Lipinski definition) is 3. The Hall–Kier alpha value is -2.74. The van der Waals surface area contributed by atoms with Gasteiger partial charge in [0.1, 0.15) is 5.82 Å². The van der Waals surface area contributed by atoms with Crippen LogP contribution in [0.25, 0.3) is 0 Å². The summed E-state index contributed by atoms with van der Waals surface area (Å²) in [5.41, 5.74) is 0.752. The summed E-state index contributed by atoms with van der Waals surface area (Å²) in [4.78, 5) is 12.2.